The van der Waals surface area contributed by atoms with E-state index in [0.29, 0.717) is 6.04 Å². The van der Waals surface area contributed by atoms with Gasteiger partial charge in [-0.15, -0.1) is 11.3 Å². The van der Waals surface area contributed by atoms with Crippen molar-refractivity contribution in [1.29, 1.82) is 0 Å². The van der Waals surface area contributed by atoms with Gasteiger partial charge >= 0.3 is 0 Å². The zero-order chi connectivity index (χ0) is 14.1. The molecule has 1 aromatic rings. The molecule has 0 spiro atoms. The van der Waals surface area contributed by atoms with Gasteiger partial charge in [0.2, 0.25) is 0 Å². The highest BCUT2D eigenvalue weighted by atomic mass is 32.1. The second-order valence-corrected chi connectivity index (χ2v) is 7.85. The van der Waals surface area contributed by atoms with Crippen LogP contribution in [0.4, 0.5) is 5.13 Å². The molecule has 0 aromatic carbocycles. The van der Waals surface area contributed by atoms with Crippen molar-refractivity contribution >= 4 is 16.5 Å². The van der Waals surface area contributed by atoms with Gasteiger partial charge in [0, 0.05) is 37.0 Å². The maximum Gasteiger partial charge on any atom is 0.185 e. The lowest BCUT2D eigenvalue weighted by Crippen LogP contribution is -2.29. The summed E-state index contributed by atoms with van der Waals surface area (Å²) in [6.07, 6.45) is 6.92. The average molecular weight is 293 g/mol. The van der Waals surface area contributed by atoms with Gasteiger partial charge in [0.25, 0.3) is 0 Å². The standard InChI is InChI=1S/C16H27N3S/c1-11(2)17-9-14-15(13-7-8-13)18-16(20-14)19(3)10-12-5-4-6-12/h11-13,17H,4-10H2,1-3H3. The van der Waals surface area contributed by atoms with Crippen molar-refractivity contribution < 1.29 is 0 Å². The van der Waals surface area contributed by atoms with Crippen LogP contribution in [0.1, 0.15) is 62.4 Å². The Morgan fingerprint density at radius 1 is 1.30 bits per heavy atom. The van der Waals surface area contributed by atoms with E-state index in [2.05, 4.69) is 31.1 Å². The Kier molecular flexibility index (Phi) is 4.32. The fourth-order valence-corrected chi connectivity index (χ4v) is 3.82. The Morgan fingerprint density at radius 2 is 2.05 bits per heavy atom. The molecule has 2 aliphatic rings. The number of hydrogen-bond donors (Lipinski definition) is 1. The normalized spacial score (nSPS) is 19.4. The minimum Gasteiger partial charge on any atom is -0.351 e. The van der Waals surface area contributed by atoms with E-state index in [9.17, 15) is 0 Å². The summed E-state index contributed by atoms with van der Waals surface area (Å²) in [6, 6.07) is 0.542. The van der Waals surface area contributed by atoms with Crippen molar-refractivity contribution in [3.05, 3.63) is 10.6 Å². The lowest BCUT2D eigenvalue weighted by Gasteiger charge is -2.29. The predicted molar refractivity (Wildman–Crippen MR) is 86.7 cm³/mol. The van der Waals surface area contributed by atoms with Crippen LogP contribution in [0.5, 0.6) is 0 Å². The second kappa shape index (κ2) is 6.02. The van der Waals surface area contributed by atoms with Crippen LogP contribution in [0.15, 0.2) is 0 Å². The third-order valence-corrected chi connectivity index (χ3v) is 5.62. The number of hydrogen-bond acceptors (Lipinski definition) is 4. The zero-order valence-corrected chi connectivity index (χ0v) is 13.8. The Labute approximate surface area is 126 Å². The molecule has 1 aromatic heterocycles. The van der Waals surface area contributed by atoms with Gasteiger partial charge in [-0.1, -0.05) is 20.3 Å². The van der Waals surface area contributed by atoms with E-state index in [1.165, 1.54) is 54.4 Å². The first kappa shape index (κ1) is 14.3. The molecule has 4 heteroatoms. The van der Waals surface area contributed by atoms with Gasteiger partial charge in [-0.25, -0.2) is 4.98 Å². The van der Waals surface area contributed by atoms with Crippen LogP contribution < -0.4 is 10.2 Å². The van der Waals surface area contributed by atoms with Gasteiger partial charge in [0.15, 0.2) is 5.13 Å². The van der Waals surface area contributed by atoms with E-state index < -0.39 is 0 Å². The first-order valence-electron chi connectivity index (χ1n) is 8.07. The van der Waals surface area contributed by atoms with E-state index in [1.807, 2.05) is 11.3 Å². The molecule has 0 saturated heterocycles. The third kappa shape index (κ3) is 3.34. The molecule has 0 radical (unpaired) electrons. The van der Waals surface area contributed by atoms with Gasteiger partial charge in [-0.3, -0.25) is 0 Å². The van der Waals surface area contributed by atoms with Crippen LogP contribution >= 0.6 is 11.3 Å². The minimum absolute atomic E-state index is 0.542. The Hall–Kier alpha value is -0.610. The summed E-state index contributed by atoms with van der Waals surface area (Å²) < 4.78 is 0. The molecule has 1 heterocycles. The largest absolute Gasteiger partial charge is 0.351 e. The summed E-state index contributed by atoms with van der Waals surface area (Å²) in [5, 5.41) is 4.79. The summed E-state index contributed by atoms with van der Waals surface area (Å²) in [4.78, 5) is 8.82. The summed E-state index contributed by atoms with van der Waals surface area (Å²) >= 11 is 1.91. The predicted octanol–water partition coefficient (Wildman–Crippen LogP) is 3.75. The van der Waals surface area contributed by atoms with Crippen molar-refractivity contribution in [2.75, 3.05) is 18.5 Å². The molecule has 0 atom stereocenters. The SMILES string of the molecule is CC(C)NCc1sc(N(C)CC2CCC2)nc1C1CC1. The zero-order valence-electron chi connectivity index (χ0n) is 13.0. The molecule has 2 saturated carbocycles. The van der Waals surface area contributed by atoms with Crippen LogP contribution in [0.2, 0.25) is 0 Å². The molecule has 0 unspecified atom stereocenters. The summed E-state index contributed by atoms with van der Waals surface area (Å²) in [5.74, 6) is 1.66. The van der Waals surface area contributed by atoms with Crippen molar-refractivity contribution in [3.63, 3.8) is 0 Å². The molecule has 2 aliphatic carbocycles. The van der Waals surface area contributed by atoms with E-state index >= 15 is 0 Å². The monoisotopic (exact) mass is 293 g/mol. The highest BCUT2D eigenvalue weighted by Crippen LogP contribution is 2.44. The van der Waals surface area contributed by atoms with Crippen LogP contribution in [0, 0.1) is 5.92 Å². The Morgan fingerprint density at radius 3 is 2.60 bits per heavy atom. The van der Waals surface area contributed by atoms with Crippen LogP contribution in [-0.2, 0) is 6.54 Å². The van der Waals surface area contributed by atoms with Crippen molar-refractivity contribution in [2.24, 2.45) is 5.92 Å². The molecule has 112 valence electrons. The number of anilines is 1. The average Bonchev–Trinajstić information content (AvgIpc) is 3.11. The maximum atomic E-state index is 4.97. The highest BCUT2D eigenvalue weighted by Gasteiger charge is 2.30. The summed E-state index contributed by atoms with van der Waals surface area (Å²) in [7, 11) is 2.22. The molecule has 20 heavy (non-hydrogen) atoms. The Bertz CT molecular complexity index is 447. The van der Waals surface area contributed by atoms with Crippen LogP contribution in [0.3, 0.4) is 0 Å². The number of nitrogens with zero attached hydrogens (tertiary/aromatic N) is 2. The molecule has 0 bridgehead atoms. The van der Waals surface area contributed by atoms with Crippen molar-refractivity contribution in [2.45, 2.75) is 64.5 Å². The molecule has 3 nitrogen and oxygen atoms in total. The van der Waals surface area contributed by atoms with Crippen molar-refractivity contribution in [3.8, 4) is 0 Å². The smallest absolute Gasteiger partial charge is 0.185 e. The molecule has 2 fully saturated rings. The van der Waals surface area contributed by atoms with Gasteiger partial charge in [0.1, 0.15) is 0 Å². The first-order chi connectivity index (χ1) is 9.63. The van der Waals surface area contributed by atoms with Gasteiger partial charge in [-0.2, -0.15) is 0 Å². The van der Waals surface area contributed by atoms with Crippen LogP contribution in [0.25, 0.3) is 0 Å². The van der Waals surface area contributed by atoms with E-state index in [-0.39, 0.29) is 0 Å². The molecular weight excluding hydrogens is 266 g/mol. The third-order valence-electron chi connectivity index (χ3n) is 4.43. The van der Waals surface area contributed by atoms with E-state index in [1.54, 1.807) is 0 Å². The number of aromatic nitrogens is 1. The van der Waals surface area contributed by atoms with Gasteiger partial charge in [-0.05, 0) is 31.6 Å². The lowest BCUT2D eigenvalue weighted by molar-refractivity contribution is 0.321. The molecular formula is C16H27N3S. The van der Waals surface area contributed by atoms with Gasteiger partial charge in [0.05, 0.1) is 5.69 Å². The van der Waals surface area contributed by atoms with E-state index in [0.717, 1.165) is 18.4 Å². The van der Waals surface area contributed by atoms with Crippen molar-refractivity contribution in [1.82, 2.24) is 10.3 Å². The molecule has 1 N–H and O–H groups in total. The molecule has 0 amide bonds. The van der Waals surface area contributed by atoms with Gasteiger partial charge < -0.3 is 10.2 Å². The molecule has 0 aliphatic heterocycles. The topological polar surface area (TPSA) is 28.2 Å². The first-order valence-corrected chi connectivity index (χ1v) is 8.89. The quantitative estimate of drug-likeness (QED) is 0.830. The summed E-state index contributed by atoms with van der Waals surface area (Å²) in [5.41, 5.74) is 1.39. The minimum atomic E-state index is 0.542. The summed E-state index contributed by atoms with van der Waals surface area (Å²) in [6.45, 7) is 6.59. The number of nitrogens with one attached hydrogen (secondary N) is 1. The Balaban J connectivity index is 1.68. The lowest BCUT2D eigenvalue weighted by atomic mass is 9.85. The second-order valence-electron chi connectivity index (χ2n) is 6.79. The fraction of sp³-hybridized carbons (Fsp3) is 0.812. The number of thiazole rings is 1. The van der Waals surface area contributed by atoms with E-state index in [4.69, 9.17) is 4.98 Å². The highest BCUT2D eigenvalue weighted by molar-refractivity contribution is 7.15. The van der Waals surface area contributed by atoms with Crippen LogP contribution in [-0.4, -0.2) is 24.6 Å². The number of rotatable bonds is 7. The maximum absolute atomic E-state index is 4.97. The molecule has 3 rings (SSSR count). The fourth-order valence-electron chi connectivity index (χ4n) is 2.75.